The second-order valence-corrected chi connectivity index (χ2v) is 7.72. The molecule has 25 heavy (non-hydrogen) atoms. The van der Waals surface area contributed by atoms with E-state index in [4.69, 9.17) is 0 Å². The Bertz CT molecular complexity index is 934. The lowest BCUT2D eigenvalue weighted by atomic mass is 10.1. The van der Waals surface area contributed by atoms with Gasteiger partial charge in [0.2, 0.25) is 10.9 Å². The monoisotopic (exact) mass is 359 g/mol. The molecule has 0 saturated carbocycles. The van der Waals surface area contributed by atoms with E-state index < -0.39 is 0 Å². The number of halogens is 1. The van der Waals surface area contributed by atoms with Crippen molar-refractivity contribution in [2.24, 2.45) is 5.92 Å². The van der Waals surface area contributed by atoms with E-state index in [-0.39, 0.29) is 17.6 Å². The van der Waals surface area contributed by atoms with Crippen molar-refractivity contribution < 1.29 is 9.18 Å². The maximum atomic E-state index is 13.4. The van der Waals surface area contributed by atoms with Crippen molar-refractivity contribution in [2.45, 2.75) is 32.6 Å². The molecule has 1 aliphatic heterocycles. The molecule has 0 aliphatic carbocycles. The van der Waals surface area contributed by atoms with Crippen molar-refractivity contribution in [3.63, 3.8) is 0 Å². The number of anilines is 1. The van der Waals surface area contributed by atoms with Crippen molar-refractivity contribution in [2.75, 3.05) is 11.4 Å². The molecule has 130 valence electrons. The Morgan fingerprint density at radius 1 is 1.36 bits per heavy atom. The third kappa shape index (κ3) is 3.02. The van der Waals surface area contributed by atoms with Crippen LogP contribution in [0.5, 0.6) is 0 Å². The van der Waals surface area contributed by atoms with E-state index >= 15 is 0 Å². The van der Waals surface area contributed by atoms with E-state index in [1.165, 1.54) is 23.5 Å². The minimum absolute atomic E-state index is 0.00522. The molecule has 1 unspecified atom stereocenters. The fraction of sp³-hybridized carbons (Fsp3) is 0.412. The molecule has 0 N–H and O–H groups in total. The predicted octanol–water partition coefficient (Wildman–Crippen LogP) is 3.04. The van der Waals surface area contributed by atoms with Crippen molar-refractivity contribution in [3.05, 3.63) is 40.9 Å². The minimum Gasteiger partial charge on any atom is -0.312 e. The summed E-state index contributed by atoms with van der Waals surface area (Å²) < 4.78 is 15.2. The van der Waals surface area contributed by atoms with E-state index in [0.717, 1.165) is 22.2 Å². The summed E-state index contributed by atoms with van der Waals surface area (Å²) in [6, 6.07) is 6.13. The molecule has 6 nitrogen and oxygen atoms in total. The number of benzene rings is 1. The molecule has 4 rings (SSSR count). The molecule has 1 aliphatic rings. The minimum atomic E-state index is -0.342. The van der Waals surface area contributed by atoms with Crippen LogP contribution in [0.4, 0.5) is 10.1 Å². The number of carbonyl (C=O) groups excluding carboxylic acids is 1. The molecule has 3 aromatic rings. The summed E-state index contributed by atoms with van der Waals surface area (Å²) in [6.07, 6.45) is 1.18. The molecule has 1 saturated heterocycles. The van der Waals surface area contributed by atoms with Crippen LogP contribution >= 0.6 is 11.3 Å². The van der Waals surface area contributed by atoms with Gasteiger partial charge in [0.15, 0.2) is 5.82 Å². The zero-order valence-corrected chi connectivity index (χ0v) is 14.8. The highest BCUT2D eigenvalue weighted by Gasteiger charge is 2.34. The quantitative estimate of drug-likeness (QED) is 0.718. The second kappa shape index (κ2) is 6.18. The van der Waals surface area contributed by atoms with Gasteiger partial charge in [-0.15, -0.1) is 10.2 Å². The SMILES string of the molecule is CC(C)Cc1nnc2sc(C3CC(=O)N(c4cccc(F)c4)C3)nn12. The molecule has 0 spiro atoms. The van der Waals surface area contributed by atoms with Gasteiger partial charge in [-0.2, -0.15) is 9.61 Å². The Kier molecular flexibility index (Phi) is 3.99. The molecule has 8 heteroatoms. The Morgan fingerprint density at radius 3 is 2.96 bits per heavy atom. The van der Waals surface area contributed by atoms with Crippen LogP contribution in [0, 0.1) is 11.7 Å². The average Bonchev–Trinajstić information content (AvgIpc) is 3.22. The molecule has 0 radical (unpaired) electrons. The largest absolute Gasteiger partial charge is 0.312 e. The predicted molar refractivity (Wildman–Crippen MR) is 93.3 cm³/mol. The first-order valence-electron chi connectivity index (χ1n) is 8.28. The van der Waals surface area contributed by atoms with Crippen LogP contribution < -0.4 is 4.90 Å². The van der Waals surface area contributed by atoms with Crippen molar-refractivity contribution in [3.8, 4) is 0 Å². The van der Waals surface area contributed by atoms with Gasteiger partial charge in [0.05, 0.1) is 0 Å². The summed E-state index contributed by atoms with van der Waals surface area (Å²) in [7, 11) is 0. The van der Waals surface area contributed by atoms with E-state index in [1.54, 1.807) is 21.5 Å². The van der Waals surface area contributed by atoms with Crippen LogP contribution in [0.3, 0.4) is 0 Å². The fourth-order valence-electron chi connectivity index (χ4n) is 3.10. The van der Waals surface area contributed by atoms with Crippen LogP contribution in [-0.2, 0) is 11.2 Å². The van der Waals surface area contributed by atoms with Crippen molar-refractivity contribution in [1.82, 2.24) is 19.8 Å². The molecule has 2 aromatic heterocycles. The third-order valence-electron chi connectivity index (χ3n) is 4.26. The molecule has 1 atom stereocenters. The molecule has 1 fully saturated rings. The zero-order chi connectivity index (χ0) is 17.6. The van der Waals surface area contributed by atoms with E-state index in [1.807, 2.05) is 0 Å². The molecular formula is C17H18FN5OS. The first-order chi connectivity index (χ1) is 12.0. The lowest BCUT2D eigenvalue weighted by molar-refractivity contribution is -0.117. The maximum absolute atomic E-state index is 13.4. The number of aromatic nitrogens is 4. The van der Waals surface area contributed by atoms with Crippen molar-refractivity contribution in [1.29, 1.82) is 0 Å². The number of nitrogens with zero attached hydrogens (tertiary/aromatic N) is 5. The third-order valence-corrected chi connectivity index (χ3v) is 5.32. The molecule has 1 aromatic carbocycles. The number of hydrogen-bond acceptors (Lipinski definition) is 5. The Morgan fingerprint density at radius 2 is 2.20 bits per heavy atom. The summed E-state index contributed by atoms with van der Waals surface area (Å²) >= 11 is 1.47. The summed E-state index contributed by atoms with van der Waals surface area (Å²) in [5.74, 6) is 0.956. The highest BCUT2D eigenvalue weighted by atomic mass is 32.1. The van der Waals surface area contributed by atoms with Gasteiger partial charge in [0, 0.05) is 31.0 Å². The van der Waals surface area contributed by atoms with E-state index in [0.29, 0.717) is 24.6 Å². The second-order valence-electron chi connectivity index (χ2n) is 6.73. The van der Waals surface area contributed by atoms with Gasteiger partial charge in [0.1, 0.15) is 10.8 Å². The topological polar surface area (TPSA) is 63.4 Å². The number of rotatable bonds is 4. The van der Waals surface area contributed by atoms with Gasteiger partial charge in [-0.1, -0.05) is 31.3 Å². The van der Waals surface area contributed by atoms with Crippen LogP contribution in [0.2, 0.25) is 0 Å². The number of amides is 1. The highest BCUT2D eigenvalue weighted by molar-refractivity contribution is 7.16. The standard InChI is InChI=1S/C17H18FN5OS/c1-10(2)6-14-19-20-17-23(14)21-16(25-17)11-7-15(24)22(9-11)13-5-3-4-12(18)8-13/h3-5,8,10-11H,6-7,9H2,1-2H3. The van der Waals surface area contributed by atoms with Gasteiger partial charge in [-0.25, -0.2) is 4.39 Å². The van der Waals surface area contributed by atoms with Crippen LogP contribution in [0.1, 0.15) is 37.0 Å². The van der Waals surface area contributed by atoms with Gasteiger partial charge < -0.3 is 4.90 Å². The van der Waals surface area contributed by atoms with Crippen LogP contribution in [0.25, 0.3) is 4.96 Å². The molecule has 3 heterocycles. The van der Waals surface area contributed by atoms with Gasteiger partial charge in [-0.05, 0) is 24.1 Å². The highest BCUT2D eigenvalue weighted by Crippen LogP contribution is 2.34. The molecule has 1 amide bonds. The normalized spacial score (nSPS) is 18.0. The number of fused-ring (bicyclic) bond motifs is 1. The van der Waals surface area contributed by atoms with Crippen LogP contribution in [0.15, 0.2) is 24.3 Å². The Labute approximate surface area is 148 Å². The van der Waals surface area contributed by atoms with E-state index in [2.05, 4.69) is 29.1 Å². The van der Waals surface area contributed by atoms with Crippen LogP contribution in [-0.4, -0.2) is 32.3 Å². The van der Waals surface area contributed by atoms with Gasteiger partial charge >= 0.3 is 0 Å². The lowest BCUT2D eigenvalue weighted by Gasteiger charge is -2.16. The summed E-state index contributed by atoms with van der Waals surface area (Å²) in [4.78, 5) is 14.8. The Balaban J connectivity index is 1.59. The summed E-state index contributed by atoms with van der Waals surface area (Å²) in [6.45, 7) is 4.76. The van der Waals surface area contributed by atoms with Gasteiger partial charge in [-0.3, -0.25) is 4.79 Å². The van der Waals surface area contributed by atoms with E-state index in [9.17, 15) is 9.18 Å². The van der Waals surface area contributed by atoms with Crippen molar-refractivity contribution >= 4 is 27.9 Å². The number of hydrogen-bond donors (Lipinski definition) is 0. The first kappa shape index (κ1) is 16.1. The summed E-state index contributed by atoms with van der Waals surface area (Å²) in [5, 5.41) is 13.9. The smallest absolute Gasteiger partial charge is 0.234 e. The average molecular weight is 359 g/mol. The fourth-order valence-corrected chi connectivity index (χ4v) is 4.04. The number of carbonyl (C=O) groups is 1. The lowest BCUT2D eigenvalue weighted by Crippen LogP contribution is -2.24. The summed E-state index contributed by atoms with van der Waals surface area (Å²) in [5.41, 5.74) is 0.594. The first-order valence-corrected chi connectivity index (χ1v) is 9.10. The Hall–Kier alpha value is -2.35. The zero-order valence-electron chi connectivity index (χ0n) is 14.0. The van der Waals surface area contributed by atoms with Gasteiger partial charge in [0.25, 0.3) is 0 Å². The molecular weight excluding hydrogens is 341 g/mol. The maximum Gasteiger partial charge on any atom is 0.234 e. The molecule has 0 bridgehead atoms.